The summed E-state index contributed by atoms with van der Waals surface area (Å²) in [5, 5.41) is 9.69. The number of carbonyl (C=O) groups excluding carboxylic acids is 1. The molecule has 166 valence electrons. The lowest BCUT2D eigenvalue weighted by molar-refractivity contribution is -0.151. The molecule has 1 aromatic rings. The molecule has 1 aromatic carbocycles. The van der Waals surface area contributed by atoms with E-state index in [4.69, 9.17) is 14.2 Å². The van der Waals surface area contributed by atoms with Crippen LogP contribution in [0.25, 0.3) is 0 Å². The number of aliphatic hydroxyl groups excluding tert-OH is 1. The second kappa shape index (κ2) is 9.12. The standard InChI is InChI=1S/C23H34N2O5/c1-28-20-5-3-4-17(21(20)29-2)15-25-12-8-23(9-13-25)14-19(30-22(23)27)16-24-10-6-18(26)7-11-24/h3-5,18-19,26H,6-16H2,1-2H3. The summed E-state index contributed by atoms with van der Waals surface area (Å²) >= 11 is 0. The van der Waals surface area contributed by atoms with Crippen molar-refractivity contribution in [2.24, 2.45) is 5.41 Å². The summed E-state index contributed by atoms with van der Waals surface area (Å²) in [7, 11) is 3.32. The van der Waals surface area contributed by atoms with Gasteiger partial charge in [0.15, 0.2) is 11.5 Å². The number of aliphatic hydroxyl groups is 1. The van der Waals surface area contributed by atoms with Gasteiger partial charge in [0.2, 0.25) is 0 Å². The van der Waals surface area contributed by atoms with Crippen LogP contribution in [0.5, 0.6) is 11.5 Å². The Kier molecular flexibility index (Phi) is 6.51. The number of hydrogen-bond acceptors (Lipinski definition) is 7. The van der Waals surface area contributed by atoms with Crippen LogP contribution in [0.1, 0.15) is 37.7 Å². The molecule has 1 spiro atoms. The molecule has 30 heavy (non-hydrogen) atoms. The highest BCUT2D eigenvalue weighted by Gasteiger charge is 2.50. The number of piperidine rings is 2. The number of carbonyl (C=O) groups is 1. The molecule has 0 saturated carbocycles. The number of likely N-dealkylation sites (tertiary alicyclic amines) is 2. The molecular formula is C23H34N2O5. The van der Waals surface area contributed by atoms with Crippen LogP contribution >= 0.6 is 0 Å². The Morgan fingerprint density at radius 1 is 1.10 bits per heavy atom. The highest BCUT2D eigenvalue weighted by atomic mass is 16.6. The van der Waals surface area contributed by atoms with Crippen LogP contribution in [0.15, 0.2) is 18.2 Å². The third-order valence-corrected chi connectivity index (χ3v) is 7.04. The molecule has 3 aliphatic rings. The first-order valence-corrected chi connectivity index (χ1v) is 11.1. The van der Waals surface area contributed by atoms with Gasteiger partial charge in [-0.25, -0.2) is 0 Å². The van der Waals surface area contributed by atoms with Gasteiger partial charge in [-0.05, 0) is 44.8 Å². The normalized spacial score (nSPS) is 25.4. The van der Waals surface area contributed by atoms with E-state index in [-0.39, 0.29) is 23.6 Å². The maximum atomic E-state index is 12.8. The lowest BCUT2D eigenvalue weighted by Gasteiger charge is -2.37. The van der Waals surface area contributed by atoms with Crippen molar-refractivity contribution in [3.05, 3.63) is 23.8 Å². The number of nitrogens with zero attached hydrogens (tertiary/aromatic N) is 2. The molecule has 1 N–H and O–H groups in total. The Hall–Kier alpha value is -1.83. The van der Waals surface area contributed by atoms with E-state index in [1.807, 2.05) is 12.1 Å². The van der Waals surface area contributed by atoms with E-state index in [1.165, 1.54) is 0 Å². The fraction of sp³-hybridized carbons (Fsp3) is 0.696. The monoisotopic (exact) mass is 418 g/mol. The number of cyclic esters (lactones) is 1. The third-order valence-electron chi connectivity index (χ3n) is 7.04. The quantitative estimate of drug-likeness (QED) is 0.709. The molecule has 0 aliphatic carbocycles. The van der Waals surface area contributed by atoms with E-state index >= 15 is 0 Å². The maximum Gasteiger partial charge on any atom is 0.312 e. The van der Waals surface area contributed by atoms with Gasteiger partial charge < -0.3 is 19.3 Å². The zero-order valence-corrected chi connectivity index (χ0v) is 18.1. The highest BCUT2D eigenvalue weighted by Crippen LogP contribution is 2.44. The van der Waals surface area contributed by atoms with Gasteiger partial charge in [0.25, 0.3) is 0 Å². The predicted octanol–water partition coefficient (Wildman–Crippen LogP) is 2.06. The van der Waals surface area contributed by atoms with Crippen molar-refractivity contribution in [2.75, 3.05) is 46.9 Å². The van der Waals surface area contributed by atoms with Gasteiger partial charge in [-0.2, -0.15) is 0 Å². The summed E-state index contributed by atoms with van der Waals surface area (Å²) in [5.41, 5.74) is 0.779. The minimum Gasteiger partial charge on any atom is -0.493 e. The van der Waals surface area contributed by atoms with Crippen molar-refractivity contribution in [3.8, 4) is 11.5 Å². The van der Waals surface area contributed by atoms with Gasteiger partial charge >= 0.3 is 5.97 Å². The number of hydrogen-bond donors (Lipinski definition) is 1. The molecule has 1 atom stereocenters. The summed E-state index contributed by atoms with van der Waals surface area (Å²) in [6.45, 7) is 5.10. The number of methoxy groups -OCH3 is 2. The predicted molar refractivity (Wildman–Crippen MR) is 113 cm³/mol. The summed E-state index contributed by atoms with van der Waals surface area (Å²) in [6.07, 6.45) is 3.94. The van der Waals surface area contributed by atoms with E-state index in [0.29, 0.717) is 0 Å². The fourth-order valence-corrected chi connectivity index (χ4v) is 5.20. The third kappa shape index (κ3) is 4.43. The van der Waals surface area contributed by atoms with E-state index in [0.717, 1.165) is 88.4 Å². The minimum atomic E-state index is -0.324. The largest absolute Gasteiger partial charge is 0.493 e. The minimum absolute atomic E-state index is 0.0110. The summed E-state index contributed by atoms with van der Waals surface area (Å²) in [6, 6.07) is 5.97. The lowest BCUT2D eigenvalue weighted by atomic mass is 9.76. The fourth-order valence-electron chi connectivity index (χ4n) is 5.20. The Morgan fingerprint density at radius 3 is 2.50 bits per heavy atom. The Labute approximate surface area is 178 Å². The highest BCUT2D eigenvalue weighted by molar-refractivity contribution is 5.79. The molecule has 0 amide bonds. The summed E-state index contributed by atoms with van der Waals surface area (Å²) < 4.78 is 16.8. The van der Waals surface area contributed by atoms with E-state index in [1.54, 1.807) is 14.2 Å². The SMILES string of the molecule is COc1cccc(CN2CCC3(CC2)CC(CN2CCC(O)CC2)OC3=O)c1OC. The van der Waals surface area contributed by atoms with Crippen molar-refractivity contribution in [2.45, 2.75) is 50.9 Å². The van der Waals surface area contributed by atoms with Crippen LogP contribution < -0.4 is 9.47 Å². The van der Waals surface area contributed by atoms with Gasteiger partial charge in [-0.1, -0.05) is 12.1 Å². The smallest absolute Gasteiger partial charge is 0.312 e. The van der Waals surface area contributed by atoms with Crippen LogP contribution in [0, 0.1) is 5.41 Å². The first-order chi connectivity index (χ1) is 14.5. The molecule has 3 heterocycles. The molecule has 4 rings (SSSR count). The van der Waals surface area contributed by atoms with Gasteiger partial charge in [0.05, 0.1) is 25.7 Å². The van der Waals surface area contributed by atoms with Gasteiger partial charge in [-0.15, -0.1) is 0 Å². The lowest BCUT2D eigenvalue weighted by Crippen LogP contribution is -2.42. The average Bonchev–Trinajstić information content (AvgIpc) is 3.05. The van der Waals surface area contributed by atoms with Crippen LogP contribution in [-0.4, -0.2) is 80.0 Å². The van der Waals surface area contributed by atoms with Gasteiger partial charge in [-0.3, -0.25) is 14.6 Å². The second-order valence-corrected chi connectivity index (χ2v) is 8.97. The molecule has 0 radical (unpaired) electrons. The van der Waals surface area contributed by atoms with Gasteiger partial charge in [0, 0.05) is 38.2 Å². The Bertz CT molecular complexity index is 739. The molecular weight excluding hydrogens is 384 g/mol. The Morgan fingerprint density at radius 2 is 1.83 bits per heavy atom. The number of benzene rings is 1. The first-order valence-electron chi connectivity index (χ1n) is 11.1. The zero-order chi connectivity index (χ0) is 21.1. The maximum absolute atomic E-state index is 12.8. The number of esters is 1. The molecule has 3 fully saturated rings. The van der Waals surface area contributed by atoms with Crippen molar-refractivity contribution in [1.29, 1.82) is 0 Å². The Balaban J connectivity index is 1.32. The van der Waals surface area contributed by atoms with E-state index < -0.39 is 0 Å². The van der Waals surface area contributed by atoms with Gasteiger partial charge in [0.1, 0.15) is 6.10 Å². The number of ether oxygens (including phenoxy) is 3. The van der Waals surface area contributed by atoms with Crippen molar-refractivity contribution in [3.63, 3.8) is 0 Å². The van der Waals surface area contributed by atoms with Crippen LogP contribution in [0.3, 0.4) is 0 Å². The van der Waals surface area contributed by atoms with Crippen molar-refractivity contribution >= 4 is 5.97 Å². The van der Waals surface area contributed by atoms with Crippen molar-refractivity contribution in [1.82, 2.24) is 9.80 Å². The van der Waals surface area contributed by atoms with E-state index in [9.17, 15) is 9.90 Å². The average molecular weight is 419 g/mol. The molecule has 3 saturated heterocycles. The van der Waals surface area contributed by atoms with E-state index in [2.05, 4.69) is 15.9 Å². The van der Waals surface area contributed by atoms with Crippen LogP contribution in [0.4, 0.5) is 0 Å². The first kappa shape index (κ1) is 21.4. The topological polar surface area (TPSA) is 71.5 Å². The zero-order valence-electron chi connectivity index (χ0n) is 18.1. The molecule has 7 nitrogen and oxygen atoms in total. The summed E-state index contributed by atoms with van der Waals surface area (Å²) in [4.78, 5) is 17.5. The van der Waals surface area contributed by atoms with Crippen molar-refractivity contribution < 1.29 is 24.1 Å². The number of para-hydroxylation sites is 1. The molecule has 7 heteroatoms. The molecule has 0 bridgehead atoms. The summed E-state index contributed by atoms with van der Waals surface area (Å²) in [5.74, 6) is 1.52. The number of rotatable bonds is 6. The molecule has 0 aromatic heterocycles. The van der Waals surface area contributed by atoms with Crippen LogP contribution in [0.2, 0.25) is 0 Å². The second-order valence-electron chi connectivity index (χ2n) is 8.97. The molecule has 3 aliphatic heterocycles. The molecule has 1 unspecified atom stereocenters. The van der Waals surface area contributed by atoms with Crippen LogP contribution in [-0.2, 0) is 16.1 Å².